The van der Waals surface area contributed by atoms with Crippen molar-refractivity contribution in [1.29, 1.82) is 0 Å². The van der Waals surface area contributed by atoms with Crippen molar-refractivity contribution in [3.8, 4) is 0 Å². The summed E-state index contributed by atoms with van der Waals surface area (Å²) in [7, 11) is 0. The second-order valence-corrected chi connectivity index (χ2v) is 14.0. The van der Waals surface area contributed by atoms with Crippen molar-refractivity contribution in [2.24, 2.45) is 5.92 Å². The van der Waals surface area contributed by atoms with Gasteiger partial charge in [0.1, 0.15) is 11.8 Å². The third-order valence-corrected chi connectivity index (χ3v) is 10.5. The number of hydrogen-bond donors (Lipinski definition) is 1. The van der Waals surface area contributed by atoms with Gasteiger partial charge in [0.05, 0.1) is 16.6 Å². The predicted molar refractivity (Wildman–Crippen MR) is 168 cm³/mol. The van der Waals surface area contributed by atoms with E-state index in [0.29, 0.717) is 26.3 Å². The summed E-state index contributed by atoms with van der Waals surface area (Å²) in [5, 5.41) is 3.13. The average molecular weight is 618 g/mol. The van der Waals surface area contributed by atoms with Crippen molar-refractivity contribution in [1.82, 2.24) is 4.57 Å². The van der Waals surface area contributed by atoms with Crippen LogP contribution in [0.5, 0.6) is 0 Å². The lowest BCUT2D eigenvalue weighted by molar-refractivity contribution is -0.122. The van der Waals surface area contributed by atoms with Gasteiger partial charge >= 0.3 is 4.87 Å². The summed E-state index contributed by atoms with van der Waals surface area (Å²) in [4.78, 5) is 55.9. The minimum Gasteiger partial charge on any atom is -0.325 e. The van der Waals surface area contributed by atoms with Crippen LogP contribution in [0.1, 0.15) is 42.7 Å². The fraction of sp³-hybridized carbons (Fsp3) is 0.250. The number of thioether (sulfide) groups is 1. The molecule has 1 aromatic heterocycles. The maximum absolute atomic E-state index is 14.0. The summed E-state index contributed by atoms with van der Waals surface area (Å²) in [6.07, 6.45) is 0. The van der Waals surface area contributed by atoms with E-state index in [4.69, 9.17) is 11.6 Å². The molecule has 10 heteroatoms. The van der Waals surface area contributed by atoms with Crippen molar-refractivity contribution in [3.63, 3.8) is 0 Å². The third-order valence-electron chi connectivity index (χ3n) is 7.63. The highest BCUT2D eigenvalue weighted by atomic mass is 35.5. The average Bonchev–Trinajstić information content (AvgIpc) is 3.40. The lowest BCUT2D eigenvalue weighted by Crippen LogP contribution is -2.33. The van der Waals surface area contributed by atoms with Crippen LogP contribution in [0.15, 0.2) is 88.7 Å². The number of amides is 3. The molecule has 1 N–H and O–H groups in total. The Morgan fingerprint density at radius 1 is 0.905 bits per heavy atom. The number of imide groups is 1. The topological polar surface area (TPSA) is 88.5 Å². The van der Waals surface area contributed by atoms with Crippen LogP contribution >= 0.6 is 34.7 Å². The van der Waals surface area contributed by atoms with Crippen LogP contribution in [0.2, 0.25) is 5.02 Å². The van der Waals surface area contributed by atoms with Crippen LogP contribution in [-0.4, -0.2) is 27.5 Å². The molecule has 3 amide bonds. The number of fused-ring (bicyclic) bond motifs is 2. The Morgan fingerprint density at radius 3 is 2.21 bits per heavy atom. The van der Waals surface area contributed by atoms with Gasteiger partial charge in [-0.15, -0.1) is 0 Å². The largest absolute Gasteiger partial charge is 0.325 e. The number of rotatable bonds is 5. The zero-order valence-corrected chi connectivity index (χ0v) is 25.6. The van der Waals surface area contributed by atoms with Gasteiger partial charge in [-0.2, -0.15) is 0 Å². The van der Waals surface area contributed by atoms with Gasteiger partial charge in [-0.25, -0.2) is 4.90 Å². The number of nitrogens with one attached hydrogen (secondary N) is 1. The van der Waals surface area contributed by atoms with Gasteiger partial charge in [-0.05, 0) is 52.9 Å². The summed E-state index contributed by atoms with van der Waals surface area (Å²) in [5.74, 6) is -2.25. The molecule has 1 saturated heterocycles. The Kier molecular flexibility index (Phi) is 7.37. The predicted octanol–water partition coefficient (Wildman–Crippen LogP) is 6.30. The number of benzene rings is 3. The molecular formula is C32H28ClN3O4S2. The lowest BCUT2D eigenvalue weighted by atomic mass is 9.81. The van der Waals surface area contributed by atoms with Gasteiger partial charge in [0.2, 0.25) is 17.7 Å². The molecule has 7 nitrogen and oxygen atoms in total. The van der Waals surface area contributed by atoms with Crippen molar-refractivity contribution in [2.75, 3.05) is 10.2 Å². The van der Waals surface area contributed by atoms with E-state index in [1.165, 1.54) is 21.2 Å². The highest BCUT2D eigenvalue weighted by molar-refractivity contribution is 8.00. The first-order valence-corrected chi connectivity index (χ1v) is 15.6. The maximum atomic E-state index is 14.0. The number of hydrogen-bond acceptors (Lipinski definition) is 6. The minimum absolute atomic E-state index is 0.0700. The molecular weight excluding hydrogens is 590 g/mol. The highest BCUT2D eigenvalue weighted by Crippen LogP contribution is 2.54. The van der Waals surface area contributed by atoms with Gasteiger partial charge in [0.25, 0.3) is 0 Å². The first-order valence-electron chi connectivity index (χ1n) is 13.5. The van der Waals surface area contributed by atoms with Crippen LogP contribution < -0.4 is 15.1 Å². The van der Waals surface area contributed by atoms with Gasteiger partial charge < -0.3 is 5.32 Å². The molecule has 3 heterocycles. The first-order chi connectivity index (χ1) is 20.0. The van der Waals surface area contributed by atoms with E-state index in [0.717, 1.165) is 22.5 Å². The summed E-state index contributed by atoms with van der Waals surface area (Å²) >= 11 is 8.31. The molecule has 3 aromatic carbocycles. The Morgan fingerprint density at radius 2 is 1.57 bits per heavy atom. The minimum atomic E-state index is -0.759. The van der Waals surface area contributed by atoms with Gasteiger partial charge in [0, 0.05) is 21.5 Å². The van der Waals surface area contributed by atoms with E-state index in [2.05, 4.69) is 26.1 Å². The third kappa shape index (κ3) is 5.10. The van der Waals surface area contributed by atoms with Gasteiger partial charge in [-0.3, -0.25) is 23.7 Å². The molecule has 214 valence electrons. The van der Waals surface area contributed by atoms with Crippen LogP contribution in [0, 0.1) is 5.92 Å². The first kappa shape index (κ1) is 28.5. The quantitative estimate of drug-likeness (QED) is 0.266. The fourth-order valence-corrected chi connectivity index (χ4v) is 8.41. The monoisotopic (exact) mass is 617 g/mol. The standard InChI is InChI=1S/C32H28ClN3O4S2/c1-32(2,3)19-11-9-18(10-12-19)24-25-26(29(39)36(28(25)38)22-15-13-20(33)14-16-22)41-30-27(24)42-31(40)35(30)17-23(37)34-21-7-5-4-6-8-21/h4-16,24-26H,17H2,1-3H3,(H,34,37)/t24-,25?,26?/m1/s1. The second-order valence-electron chi connectivity index (χ2n) is 11.4. The van der Waals surface area contributed by atoms with E-state index >= 15 is 0 Å². The normalized spacial score (nSPS) is 19.9. The Bertz CT molecular complexity index is 1740. The van der Waals surface area contributed by atoms with Crippen LogP contribution in [0.25, 0.3) is 0 Å². The Hall–Kier alpha value is -3.66. The van der Waals surface area contributed by atoms with Crippen molar-refractivity contribution < 1.29 is 14.4 Å². The van der Waals surface area contributed by atoms with Crippen molar-refractivity contribution in [3.05, 3.63) is 110 Å². The molecule has 2 aliphatic rings. The molecule has 0 spiro atoms. The van der Waals surface area contributed by atoms with E-state index in [1.807, 2.05) is 42.5 Å². The van der Waals surface area contributed by atoms with E-state index in [-0.39, 0.29) is 34.6 Å². The molecule has 4 aromatic rings. The molecule has 0 radical (unpaired) electrons. The Balaban J connectivity index is 1.43. The van der Waals surface area contributed by atoms with Gasteiger partial charge in [0.15, 0.2) is 0 Å². The fourth-order valence-electron chi connectivity index (χ4n) is 5.52. The Labute approximate surface area is 256 Å². The van der Waals surface area contributed by atoms with Gasteiger partial charge in [-0.1, -0.05) is 97.9 Å². The van der Waals surface area contributed by atoms with E-state index in [9.17, 15) is 19.2 Å². The number of aromatic nitrogens is 1. The zero-order chi connectivity index (χ0) is 29.8. The molecule has 6 rings (SSSR count). The number of thiazole rings is 1. The molecule has 42 heavy (non-hydrogen) atoms. The number of carbonyl (C=O) groups is 3. The molecule has 2 unspecified atom stereocenters. The van der Waals surface area contributed by atoms with Crippen LogP contribution in [0.4, 0.5) is 11.4 Å². The summed E-state index contributed by atoms with van der Waals surface area (Å²) in [6, 6.07) is 23.7. The highest BCUT2D eigenvalue weighted by Gasteiger charge is 2.56. The van der Waals surface area contributed by atoms with Crippen LogP contribution in [0.3, 0.4) is 0 Å². The molecule has 0 saturated carbocycles. The van der Waals surface area contributed by atoms with Crippen molar-refractivity contribution in [2.45, 2.75) is 48.9 Å². The molecule has 0 aliphatic carbocycles. The zero-order valence-electron chi connectivity index (χ0n) is 23.2. The molecule has 2 aliphatic heterocycles. The number of carbonyl (C=O) groups excluding carboxylic acids is 3. The number of para-hydroxylation sites is 1. The number of anilines is 2. The van der Waals surface area contributed by atoms with E-state index in [1.54, 1.807) is 36.4 Å². The SMILES string of the molecule is CC(C)(C)c1ccc([C@H]2c3sc(=O)n(CC(=O)Nc4ccccc4)c3SC3C(=O)N(c4ccc(Cl)cc4)C(=O)C32)cc1. The second kappa shape index (κ2) is 10.9. The van der Waals surface area contributed by atoms with Crippen molar-refractivity contribution >= 4 is 63.8 Å². The lowest BCUT2D eigenvalue weighted by Gasteiger charge is -2.31. The summed E-state index contributed by atoms with van der Waals surface area (Å²) in [6.45, 7) is 6.18. The molecule has 3 atom stereocenters. The summed E-state index contributed by atoms with van der Waals surface area (Å²) < 4.78 is 1.43. The maximum Gasteiger partial charge on any atom is 0.308 e. The van der Waals surface area contributed by atoms with Crippen LogP contribution in [-0.2, 0) is 26.3 Å². The van der Waals surface area contributed by atoms with E-state index < -0.39 is 17.1 Å². The summed E-state index contributed by atoms with van der Waals surface area (Å²) in [5.41, 5.74) is 2.99. The molecule has 1 fully saturated rings. The smallest absolute Gasteiger partial charge is 0.308 e. The molecule has 0 bridgehead atoms. The number of nitrogens with zero attached hydrogens (tertiary/aromatic N) is 2. The number of halogens is 1.